The number of allylic oxidation sites excluding steroid dienone is 2. The number of carbonyl (C=O) groups excluding carboxylic acids is 1. The SMILES string of the molecule is COC(=O)C1=CC=C(OC)O[C]1. The molecule has 1 aliphatic heterocycles. The third kappa shape index (κ3) is 1.78. The van der Waals surface area contributed by atoms with E-state index in [1.165, 1.54) is 26.4 Å². The van der Waals surface area contributed by atoms with E-state index in [0.29, 0.717) is 5.95 Å². The van der Waals surface area contributed by atoms with Crippen LogP contribution in [-0.4, -0.2) is 20.2 Å². The van der Waals surface area contributed by atoms with Gasteiger partial charge >= 0.3 is 5.97 Å². The molecule has 2 radical (unpaired) electrons. The lowest BCUT2D eigenvalue weighted by Crippen LogP contribution is -2.09. The van der Waals surface area contributed by atoms with Crippen LogP contribution < -0.4 is 0 Å². The molecule has 1 aliphatic rings. The zero-order chi connectivity index (χ0) is 8.97. The lowest BCUT2D eigenvalue weighted by molar-refractivity contribution is -0.136. The van der Waals surface area contributed by atoms with Crippen LogP contribution in [0.4, 0.5) is 0 Å². The van der Waals surface area contributed by atoms with Gasteiger partial charge < -0.3 is 14.2 Å². The van der Waals surface area contributed by atoms with Gasteiger partial charge in [0.05, 0.1) is 19.8 Å². The molecular weight excluding hydrogens is 160 g/mol. The zero-order valence-corrected chi connectivity index (χ0v) is 6.79. The molecular formula is C8H8O4. The summed E-state index contributed by atoms with van der Waals surface area (Å²) in [5.74, 6) is -0.191. The number of rotatable bonds is 2. The van der Waals surface area contributed by atoms with E-state index < -0.39 is 5.97 Å². The van der Waals surface area contributed by atoms with Gasteiger partial charge in [-0.1, -0.05) is 0 Å². The molecule has 0 aromatic heterocycles. The summed E-state index contributed by atoms with van der Waals surface area (Å²) in [6.07, 6.45) is 3.02. The van der Waals surface area contributed by atoms with Gasteiger partial charge in [0, 0.05) is 6.08 Å². The van der Waals surface area contributed by atoms with Crippen LogP contribution in [0.5, 0.6) is 0 Å². The highest BCUT2D eigenvalue weighted by Crippen LogP contribution is 2.14. The largest absolute Gasteiger partial charge is 0.469 e. The number of hydrogen-bond acceptors (Lipinski definition) is 4. The maximum absolute atomic E-state index is 10.9. The first kappa shape index (κ1) is 8.64. The van der Waals surface area contributed by atoms with E-state index in [4.69, 9.17) is 9.47 Å². The summed E-state index contributed by atoms with van der Waals surface area (Å²) in [5, 5.41) is 0. The Bertz CT molecular complexity index is 239. The fourth-order valence-corrected chi connectivity index (χ4v) is 0.654. The van der Waals surface area contributed by atoms with Crippen LogP contribution in [0.25, 0.3) is 0 Å². The molecule has 0 amide bonds. The van der Waals surface area contributed by atoms with Crippen LogP contribution in [-0.2, 0) is 19.0 Å². The molecule has 0 N–H and O–H groups in total. The Morgan fingerprint density at radius 1 is 1.50 bits per heavy atom. The minimum atomic E-state index is -0.485. The van der Waals surface area contributed by atoms with E-state index in [9.17, 15) is 4.79 Å². The quantitative estimate of drug-likeness (QED) is 0.567. The van der Waals surface area contributed by atoms with Gasteiger partial charge in [0.25, 0.3) is 5.95 Å². The number of hydrogen-bond donors (Lipinski definition) is 0. The van der Waals surface area contributed by atoms with E-state index in [0.717, 1.165) is 0 Å². The number of methoxy groups -OCH3 is 2. The first-order valence-electron chi connectivity index (χ1n) is 3.25. The van der Waals surface area contributed by atoms with E-state index >= 15 is 0 Å². The lowest BCUT2D eigenvalue weighted by atomic mass is 10.2. The Morgan fingerprint density at radius 2 is 2.25 bits per heavy atom. The number of ether oxygens (including phenoxy) is 3. The van der Waals surface area contributed by atoms with Crippen LogP contribution in [0.3, 0.4) is 0 Å². The molecule has 0 aliphatic carbocycles. The highest BCUT2D eigenvalue weighted by Gasteiger charge is 2.16. The summed E-state index contributed by atoms with van der Waals surface area (Å²) in [5.41, 5.74) is 0.235. The second-order valence-corrected chi connectivity index (χ2v) is 1.97. The van der Waals surface area contributed by atoms with E-state index in [1.807, 2.05) is 0 Å². The Labute approximate surface area is 70.4 Å². The molecule has 0 atom stereocenters. The van der Waals surface area contributed by atoms with Gasteiger partial charge in [0.1, 0.15) is 0 Å². The molecule has 0 saturated heterocycles. The van der Waals surface area contributed by atoms with Crippen LogP contribution >= 0.6 is 0 Å². The molecule has 1 heterocycles. The van der Waals surface area contributed by atoms with Gasteiger partial charge in [-0.15, -0.1) is 0 Å². The molecule has 12 heavy (non-hydrogen) atoms. The van der Waals surface area contributed by atoms with Crippen LogP contribution in [0.2, 0.25) is 0 Å². The van der Waals surface area contributed by atoms with E-state index in [2.05, 4.69) is 11.3 Å². The normalized spacial score (nSPS) is 15.5. The summed E-state index contributed by atoms with van der Waals surface area (Å²) in [4.78, 5) is 10.9. The van der Waals surface area contributed by atoms with Gasteiger partial charge in [-0.3, -0.25) is 0 Å². The average molecular weight is 168 g/mol. The van der Waals surface area contributed by atoms with Crippen molar-refractivity contribution in [2.24, 2.45) is 0 Å². The van der Waals surface area contributed by atoms with Crippen molar-refractivity contribution < 1.29 is 19.0 Å². The van der Waals surface area contributed by atoms with E-state index in [-0.39, 0.29) is 5.57 Å². The molecule has 0 fully saturated rings. The first-order chi connectivity index (χ1) is 5.77. The molecule has 0 saturated carbocycles. The predicted molar refractivity (Wildman–Crippen MR) is 39.5 cm³/mol. The Morgan fingerprint density at radius 3 is 2.67 bits per heavy atom. The summed E-state index contributed by atoms with van der Waals surface area (Å²) in [7, 11) is 2.75. The van der Waals surface area contributed by atoms with Gasteiger partial charge in [-0.05, 0) is 6.08 Å². The minimum Gasteiger partial charge on any atom is -0.469 e. The van der Waals surface area contributed by atoms with Gasteiger partial charge in [0.2, 0.25) is 6.61 Å². The molecule has 64 valence electrons. The Hall–Kier alpha value is -1.45. The fourth-order valence-electron chi connectivity index (χ4n) is 0.654. The van der Waals surface area contributed by atoms with Crippen molar-refractivity contribution in [3.63, 3.8) is 0 Å². The summed E-state index contributed by atoms with van der Waals surface area (Å²) in [6, 6.07) is 0. The molecule has 0 spiro atoms. The molecule has 4 nitrogen and oxygen atoms in total. The first-order valence-corrected chi connectivity index (χ1v) is 3.25. The summed E-state index contributed by atoms with van der Waals surface area (Å²) in [6.45, 7) is 2.36. The Balaban J connectivity index is 2.66. The van der Waals surface area contributed by atoms with Gasteiger partial charge in [-0.2, -0.15) is 0 Å². The highest BCUT2D eigenvalue weighted by atomic mass is 16.7. The van der Waals surface area contributed by atoms with Crippen LogP contribution in [0, 0.1) is 6.61 Å². The lowest BCUT2D eigenvalue weighted by Gasteiger charge is -2.11. The van der Waals surface area contributed by atoms with Crippen molar-refractivity contribution in [2.75, 3.05) is 14.2 Å². The van der Waals surface area contributed by atoms with Crippen molar-refractivity contribution in [1.82, 2.24) is 0 Å². The zero-order valence-electron chi connectivity index (χ0n) is 6.79. The monoisotopic (exact) mass is 168 g/mol. The smallest absolute Gasteiger partial charge is 0.338 e. The highest BCUT2D eigenvalue weighted by molar-refractivity contribution is 5.90. The molecule has 1 rings (SSSR count). The van der Waals surface area contributed by atoms with Crippen LogP contribution in [0.15, 0.2) is 23.7 Å². The minimum absolute atomic E-state index is 0.235. The van der Waals surface area contributed by atoms with Crippen molar-refractivity contribution in [1.29, 1.82) is 0 Å². The third-order valence-electron chi connectivity index (χ3n) is 1.25. The second kappa shape index (κ2) is 3.80. The standard InChI is InChI=1S/C8H8O4/c1-10-7-4-3-6(5-12-7)8(9)11-2/h3-4H,1-2H3. The van der Waals surface area contributed by atoms with Crippen molar-refractivity contribution >= 4 is 5.97 Å². The molecule has 0 aromatic carbocycles. The predicted octanol–water partition coefficient (Wildman–Crippen LogP) is 0.643. The Kier molecular flexibility index (Phi) is 2.74. The molecule has 0 aromatic rings. The average Bonchev–Trinajstić information content (AvgIpc) is 2.17. The van der Waals surface area contributed by atoms with Crippen molar-refractivity contribution in [3.8, 4) is 0 Å². The second-order valence-electron chi connectivity index (χ2n) is 1.97. The molecule has 4 heteroatoms. The van der Waals surface area contributed by atoms with Gasteiger partial charge in [0.15, 0.2) is 0 Å². The summed E-state index contributed by atoms with van der Waals surface area (Å²) < 4.78 is 14.0. The van der Waals surface area contributed by atoms with E-state index in [1.54, 1.807) is 0 Å². The third-order valence-corrected chi connectivity index (χ3v) is 1.25. The molecule has 0 bridgehead atoms. The number of esters is 1. The summed E-state index contributed by atoms with van der Waals surface area (Å²) >= 11 is 0. The van der Waals surface area contributed by atoms with Crippen molar-refractivity contribution in [2.45, 2.75) is 0 Å². The van der Waals surface area contributed by atoms with Gasteiger partial charge in [-0.25, -0.2) is 4.79 Å². The fraction of sp³-hybridized carbons (Fsp3) is 0.250. The maximum Gasteiger partial charge on any atom is 0.338 e. The number of carbonyl (C=O) groups is 1. The van der Waals surface area contributed by atoms with Crippen LogP contribution in [0.1, 0.15) is 0 Å². The maximum atomic E-state index is 10.9. The topological polar surface area (TPSA) is 44.8 Å². The molecule has 0 unspecified atom stereocenters. The van der Waals surface area contributed by atoms with Crippen molar-refractivity contribution in [3.05, 3.63) is 30.3 Å².